The van der Waals surface area contributed by atoms with Crippen LogP contribution >= 0.6 is 11.8 Å². The third-order valence-corrected chi connectivity index (χ3v) is 5.42. The Morgan fingerprint density at radius 3 is 2.71 bits per heavy atom. The van der Waals surface area contributed by atoms with Crippen LogP contribution in [0.25, 0.3) is 0 Å². The first kappa shape index (κ1) is 14.6. The van der Waals surface area contributed by atoms with Crippen molar-refractivity contribution in [1.29, 1.82) is 0 Å². The van der Waals surface area contributed by atoms with Gasteiger partial charge in [-0.05, 0) is 19.8 Å². The monoisotopic (exact) mass is 307 g/mol. The van der Waals surface area contributed by atoms with Crippen LogP contribution in [0.4, 0.5) is 0 Å². The molecule has 1 aromatic heterocycles. The summed E-state index contributed by atoms with van der Waals surface area (Å²) in [6, 6.07) is 0. The Balaban J connectivity index is 1.77. The molecule has 1 saturated heterocycles. The van der Waals surface area contributed by atoms with Crippen LogP contribution in [0, 0.1) is 12.8 Å². The molecule has 1 fully saturated rings. The van der Waals surface area contributed by atoms with Crippen molar-refractivity contribution in [3.63, 3.8) is 0 Å². The first-order valence-corrected chi connectivity index (χ1v) is 8.63. The molecule has 2 aliphatic heterocycles. The van der Waals surface area contributed by atoms with E-state index in [0.717, 1.165) is 36.8 Å². The van der Waals surface area contributed by atoms with E-state index >= 15 is 0 Å². The molecule has 0 radical (unpaired) electrons. The van der Waals surface area contributed by atoms with Gasteiger partial charge >= 0.3 is 0 Å². The van der Waals surface area contributed by atoms with Gasteiger partial charge in [0.1, 0.15) is 0 Å². The number of thioether (sulfide) groups is 1. The zero-order valence-electron chi connectivity index (χ0n) is 12.4. The molecule has 1 aromatic rings. The Labute approximate surface area is 128 Å². The van der Waals surface area contributed by atoms with Crippen molar-refractivity contribution in [2.75, 3.05) is 18.8 Å². The number of hydrogen-bond acceptors (Lipinski definition) is 4. The maximum absolute atomic E-state index is 12.7. The first-order chi connectivity index (χ1) is 10.2. The van der Waals surface area contributed by atoms with E-state index in [1.807, 2.05) is 4.90 Å². The number of amides is 1. The summed E-state index contributed by atoms with van der Waals surface area (Å²) in [5.41, 5.74) is 0.628. The molecular formula is C15H21N3O2S. The summed E-state index contributed by atoms with van der Waals surface area (Å²) in [6.45, 7) is 3.99. The Hall–Kier alpha value is -1.30. The Morgan fingerprint density at radius 1 is 1.29 bits per heavy atom. The number of rotatable bonds is 1. The highest BCUT2D eigenvalue weighted by Crippen LogP contribution is 2.26. The highest BCUT2D eigenvalue weighted by Gasteiger charge is 2.30. The molecule has 0 aliphatic carbocycles. The molecule has 3 heterocycles. The summed E-state index contributed by atoms with van der Waals surface area (Å²) in [7, 11) is 0. The predicted octanol–water partition coefficient (Wildman–Crippen LogP) is 1.68. The minimum Gasteiger partial charge on any atom is -0.342 e. The van der Waals surface area contributed by atoms with Crippen molar-refractivity contribution in [3.05, 3.63) is 22.1 Å². The van der Waals surface area contributed by atoms with Crippen LogP contribution in [0.15, 0.2) is 16.1 Å². The molecule has 0 N–H and O–H groups in total. The van der Waals surface area contributed by atoms with E-state index in [4.69, 9.17) is 0 Å². The second-order valence-electron chi connectivity index (χ2n) is 5.89. The number of nitrogens with zero attached hydrogens (tertiary/aromatic N) is 3. The van der Waals surface area contributed by atoms with Gasteiger partial charge in [0.15, 0.2) is 5.16 Å². The highest BCUT2D eigenvalue weighted by molar-refractivity contribution is 7.99. The van der Waals surface area contributed by atoms with Gasteiger partial charge in [0.25, 0.3) is 5.56 Å². The minimum atomic E-state index is -0.0955. The van der Waals surface area contributed by atoms with Gasteiger partial charge in [-0.1, -0.05) is 24.6 Å². The number of fused-ring (bicyclic) bond motifs is 1. The topological polar surface area (TPSA) is 55.2 Å². The Morgan fingerprint density at radius 2 is 2.00 bits per heavy atom. The largest absolute Gasteiger partial charge is 0.342 e. The number of hydrogen-bond donors (Lipinski definition) is 0. The normalized spacial score (nSPS) is 22.5. The fraction of sp³-hybridized carbons (Fsp3) is 0.667. The molecule has 3 rings (SSSR count). The molecule has 2 aliphatic rings. The van der Waals surface area contributed by atoms with Crippen molar-refractivity contribution in [1.82, 2.24) is 14.5 Å². The number of likely N-dealkylation sites (tertiary alicyclic amines) is 1. The van der Waals surface area contributed by atoms with E-state index in [1.165, 1.54) is 24.6 Å². The van der Waals surface area contributed by atoms with Crippen molar-refractivity contribution in [2.24, 2.45) is 5.92 Å². The molecule has 5 nitrogen and oxygen atoms in total. The second-order valence-corrected chi connectivity index (χ2v) is 6.87. The first-order valence-electron chi connectivity index (χ1n) is 7.65. The fourth-order valence-electron chi connectivity index (χ4n) is 3.00. The van der Waals surface area contributed by atoms with Gasteiger partial charge in [0.2, 0.25) is 5.91 Å². The van der Waals surface area contributed by atoms with Crippen LogP contribution in [0.5, 0.6) is 0 Å². The minimum absolute atomic E-state index is 0.0131. The zero-order chi connectivity index (χ0) is 14.8. The second kappa shape index (κ2) is 6.22. The lowest BCUT2D eigenvalue weighted by Crippen LogP contribution is -2.43. The quantitative estimate of drug-likeness (QED) is 0.741. The summed E-state index contributed by atoms with van der Waals surface area (Å²) < 4.78 is 1.67. The molecule has 6 heteroatoms. The standard InChI is InChI=1S/C15H21N3O2S/c1-11-8-16-15-18(13(11)19)9-12(10-21-15)14(20)17-6-4-2-3-5-7-17/h8,12H,2-7,9-10H2,1H3. The maximum Gasteiger partial charge on any atom is 0.257 e. The lowest BCUT2D eigenvalue weighted by molar-refractivity contribution is -0.135. The highest BCUT2D eigenvalue weighted by atomic mass is 32.2. The Kier molecular flexibility index (Phi) is 4.33. The van der Waals surface area contributed by atoms with Gasteiger partial charge in [-0.3, -0.25) is 14.2 Å². The fourth-order valence-corrected chi connectivity index (χ4v) is 4.04. The SMILES string of the molecule is Cc1cnc2n(c1=O)CC(C(=O)N1CCCCCC1)CS2. The van der Waals surface area contributed by atoms with E-state index in [2.05, 4.69) is 4.98 Å². The predicted molar refractivity (Wildman–Crippen MR) is 82.5 cm³/mol. The van der Waals surface area contributed by atoms with Crippen LogP contribution in [0.2, 0.25) is 0 Å². The molecule has 0 aromatic carbocycles. The molecule has 0 bridgehead atoms. The number of aryl methyl sites for hydroxylation is 1. The third kappa shape index (κ3) is 3.00. The summed E-state index contributed by atoms with van der Waals surface area (Å²) in [5.74, 6) is 0.843. The molecule has 0 saturated carbocycles. The summed E-state index contributed by atoms with van der Waals surface area (Å²) in [6.07, 6.45) is 6.26. The molecule has 1 amide bonds. The molecule has 1 unspecified atom stereocenters. The van der Waals surface area contributed by atoms with Gasteiger partial charge in [0.05, 0.1) is 5.92 Å². The molecule has 1 atom stereocenters. The van der Waals surface area contributed by atoms with Crippen molar-refractivity contribution in [2.45, 2.75) is 44.3 Å². The van der Waals surface area contributed by atoms with E-state index in [9.17, 15) is 9.59 Å². The lowest BCUT2D eigenvalue weighted by Gasteiger charge is -2.29. The van der Waals surface area contributed by atoms with Crippen LogP contribution in [0.1, 0.15) is 31.2 Å². The lowest BCUT2D eigenvalue weighted by atomic mass is 10.1. The van der Waals surface area contributed by atoms with E-state index < -0.39 is 0 Å². The van der Waals surface area contributed by atoms with Crippen LogP contribution < -0.4 is 5.56 Å². The number of carbonyl (C=O) groups is 1. The zero-order valence-corrected chi connectivity index (χ0v) is 13.2. The molecule has 0 spiro atoms. The van der Waals surface area contributed by atoms with Gasteiger partial charge in [-0.2, -0.15) is 0 Å². The smallest absolute Gasteiger partial charge is 0.257 e. The average Bonchev–Trinajstić information content (AvgIpc) is 2.79. The van der Waals surface area contributed by atoms with E-state index in [1.54, 1.807) is 17.7 Å². The van der Waals surface area contributed by atoms with Gasteiger partial charge < -0.3 is 4.90 Å². The maximum atomic E-state index is 12.7. The summed E-state index contributed by atoms with van der Waals surface area (Å²) in [5, 5.41) is 0.741. The summed E-state index contributed by atoms with van der Waals surface area (Å²) >= 11 is 1.52. The van der Waals surface area contributed by atoms with Gasteiger partial charge in [-0.15, -0.1) is 0 Å². The van der Waals surface area contributed by atoms with Gasteiger partial charge in [0, 0.05) is 37.1 Å². The number of aromatic nitrogens is 2. The summed E-state index contributed by atoms with van der Waals surface area (Å²) in [4.78, 5) is 31.2. The molecule has 21 heavy (non-hydrogen) atoms. The van der Waals surface area contributed by atoms with Crippen molar-refractivity contribution in [3.8, 4) is 0 Å². The number of carbonyl (C=O) groups excluding carboxylic acids is 1. The third-order valence-electron chi connectivity index (χ3n) is 4.27. The van der Waals surface area contributed by atoms with Crippen LogP contribution in [-0.4, -0.2) is 39.2 Å². The average molecular weight is 307 g/mol. The van der Waals surface area contributed by atoms with Crippen molar-refractivity contribution < 1.29 is 4.79 Å². The van der Waals surface area contributed by atoms with E-state index in [0.29, 0.717) is 12.1 Å². The van der Waals surface area contributed by atoms with E-state index in [-0.39, 0.29) is 17.4 Å². The van der Waals surface area contributed by atoms with Gasteiger partial charge in [-0.25, -0.2) is 4.98 Å². The molecular weight excluding hydrogens is 286 g/mol. The van der Waals surface area contributed by atoms with Crippen LogP contribution in [-0.2, 0) is 11.3 Å². The van der Waals surface area contributed by atoms with Crippen molar-refractivity contribution >= 4 is 17.7 Å². The van der Waals surface area contributed by atoms with Crippen LogP contribution in [0.3, 0.4) is 0 Å². The Bertz CT molecular complexity index is 591. The molecule has 114 valence electrons.